The van der Waals surface area contributed by atoms with Crippen LogP contribution in [0.25, 0.3) is 0 Å². The van der Waals surface area contributed by atoms with Gasteiger partial charge in [-0.1, -0.05) is 0 Å². The number of hydrogen-bond acceptors (Lipinski definition) is 3. The van der Waals surface area contributed by atoms with Crippen molar-refractivity contribution in [3.63, 3.8) is 0 Å². The number of nitrogens with one attached hydrogen (secondary N) is 2. The molecular formula is C17H24FN3O2. The molecule has 2 N–H and O–H groups in total. The van der Waals surface area contributed by atoms with Gasteiger partial charge in [-0.3, -0.25) is 0 Å². The number of likely N-dealkylation sites (tertiary alicyclic amines) is 1. The van der Waals surface area contributed by atoms with Gasteiger partial charge in [0.15, 0.2) is 0 Å². The maximum atomic E-state index is 12.8. The van der Waals surface area contributed by atoms with Crippen molar-refractivity contribution >= 4 is 6.03 Å². The highest BCUT2D eigenvalue weighted by molar-refractivity contribution is 5.74. The molecule has 3 rings (SSSR count). The fraction of sp³-hybridized carbons (Fsp3) is 0.588. The summed E-state index contributed by atoms with van der Waals surface area (Å²) in [6, 6.07) is 5.86. The largest absolute Gasteiger partial charge is 0.492 e. The molecule has 2 aliphatic rings. The molecule has 0 bridgehead atoms. The third kappa shape index (κ3) is 4.13. The predicted octanol–water partition coefficient (Wildman–Crippen LogP) is 1.99. The molecule has 0 saturated carbocycles. The number of urea groups is 1. The number of halogens is 1. The zero-order valence-corrected chi connectivity index (χ0v) is 13.3. The Hall–Kier alpha value is -1.82. The monoisotopic (exact) mass is 321 g/mol. The molecule has 0 unspecified atom stereocenters. The van der Waals surface area contributed by atoms with Gasteiger partial charge >= 0.3 is 6.03 Å². The van der Waals surface area contributed by atoms with E-state index < -0.39 is 0 Å². The lowest BCUT2D eigenvalue weighted by Crippen LogP contribution is -2.51. The molecule has 1 aromatic rings. The van der Waals surface area contributed by atoms with Gasteiger partial charge in [0.1, 0.15) is 18.2 Å². The summed E-state index contributed by atoms with van der Waals surface area (Å²) in [5.41, 5.74) is 0.278. The van der Waals surface area contributed by atoms with Gasteiger partial charge in [0.2, 0.25) is 0 Å². The van der Waals surface area contributed by atoms with Gasteiger partial charge < -0.3 is 20.3 Å². The van der Waals surface area contributed by atoms with Gasteiger partial charge in [-0.05, 0) is 50.1 Å². The van der Waals surface area contributed by atoms with Crippen LogP contribution in [0.5, 0.6) is 5.75 Å². The van der Waals surface area contributed by atoms with E-state index in [-0.39, 0.29) is 17.3 Å². The maximum Gasteiger partial charge on any atom is 0.317 e. The van der Waals surface area contributed by atoms with E-state index in [1.165, 1.54) is 18.6 Å². The average molecular weight is 321 g/mol. The first-order chi connectivity index (χ1) is 11.2. The first-order valence-corrected chi connectivity index (χ1v) is 8.29. The van der Waals surface area contributed by atoms with Crippen molar-refractivity contribution in [2.45, 2.75) is 19.3 Å². The summed E-state index contributed by atoms with van der Waals surface area (Å²) < 4.78 is 18.3. The molecule has 0 aromatic heterocycles. The standard InChI is InChI=1S/C17H24FN3O2/c18-14-2-4-15(5-3-14)23-11-9-20-16(22)21-10-1-6-17(13-21)7-8-19-12-17/h2-5,19H,1,6-13H2,(H,20,22)/t17-/m1/s1. The highest BCUT2D eigenvalue weighted by Crippen LogP contribution is 2.35. The minimum absolute atomic E-state index is 0.0151. The number of piperidine rings is 1. The minimum Gasteiger partial charge on any atom is -0.492 e. The van der Waals surface area contributed by atoms with Crippen LogP contribution in [0.4, 0.5) is 9.18 Å². The predicted molar refractivity (Wildman–Crippen MR) is 86.0 cm³/mol. The summed E-state index contributed by atoms with van der Waals surface area (Å²) in [4.78, 5) is 14.2. The number of hydrogen-bond donors (Lipinski definition) is 2. The second kappa shape index (κ2) is 7.17. The van der Waals surface area contributed by atoms with Crippen LogP contribution in [-0.4, -0.2) is 50.3 Å². The molecule has 2 amide bonds. The molecule has 1 aromatic carbocycles. The molecule has 1 atom stereocenters. The molecule has 2 saturated heterocycles. The molecular weight excluding hydrogens is 297 g/mol. The maximum absolute atomic E-state index is 12.8. The molecule has 126 valence electrons. The van der Waals surface area contributed by atoms with Crippen molar-refractivity contribution < 1.29 is 13.9 Å². The lowest BCUT2D eigenvalue weighted by molar-refractivity contribution is 0.117. The summed E-state index contributed by atoms with van der Waals surface area (Å²) in [5.74, 6) is 0.320. The van der Waals surface area contributed by atoms with Gasteiger partial charge in [0.05, 0.1) is 6.54 Å². The van der Waals surface area contributed by atoms with E-state index in [2.05, 4.69) is 10.6 Å². The fourth-order valence-electron chi connectivity index (χ4n) is 3.49. The Morgan fingerprint density at radius 3 is 2.91 bits per heavy atom. The average Bonchev–Trinajstić information content (AvgIpc) is 3.00. The molecule has 23 heavy (non-hydrogen) atoms. The molecule has 0 aliphatic carbocycles. The van der Waals surface area contributed by atoms with Gasteiger partial charge in [-0.15, -0.1) is 0 Å². The number of nitrogens with zero attached hydrogens (tertiary/aromatic N) is 1. The summed E-state index contributed by atoms with van der Waals surface area (Å²) in [6.07, 6.45) is 3.43. The molecule has 6 heteroatoms. The number of ether oxygens (including phenoxy) is 1. The number of rotatable bonds is 4. The normalized spacial score (nSPS) is 24.0. The van der Waals surface area contributed by atoms with Crippen LogP contribution in [0.1, 0.15) is 19.3 Å². The first kappa shape index (κ1) is 16.1. The molecule has 1 spiro atoms. The zero-order chi connectivity index (χ0) is 16.1. The molecule has 2 aliphatic heterocycles. The summed E-state index contributed by atoms with van der Waals surface area (Å²) in [6.45, 7) is 4.55. The van der Waals surface area contributed by atoms with Crippen molar-refractivity contribution in [3.05, 3.63) is 30.1 Å². The Bertz CT molecular complexity index is 529. The van der Waals surface area contributed by atoms with Crippen LogP contribution in [-0.2, 0) is 0 Å². The first-order valence-electron chi connectivity index (χ1n) is 8.29. The molecule has 2 fully saturated rings. The molecule has 0 radical (unpaired) electrons. The lowest BCUT2D eigenvalue weighted by atomic mass is 9.79. The highest BCUT2D eigenvalue weighted by Gasteiger charge is 2.39. The van der Waals surface area contributed by atoms with E-state index in [1.807, 2.05) is 4.90 Å². The Labute approximate surface area is 136 Å². The van der Waals surface area contributed by atoms with Crippen molar-refractivity contribution in [3.8, 4) is 5.75 Å². The van der Waals surface area contributed by atoms with Crippen LogP contribution < -0.4 is 15.4 Å². The van der Waals surface area contributed by atoms with E-state index in [9.17, 15) is 9.18 Å². The van der Waals surface area contributed by atoms with Crippen molar-refractivity contribution in [2.75, 3.05) is 39.3 Å². The molecule has 2 heterocycles. The summed E-state index contributed by atoms with van der Waals surface area (Å²) in [7, 11) is 0. The summed E-state index contributed by atoms with van der Waals surface area (Å²) in [5, 5.41) is 6.32. The van der Waals surface area contributed by atoms with Crippen molar-refractivity contribution in [1.82, 2.24) is 15.5 Å². The second-order valence-electron chi connectivity index (χ2n) is 6.49. The van der Waals surface area contributed by atoms with Gasteiger partial charge in [-0.25, -0.2) is 9.18 Å². The van der Waals surface area contributed by atoms with E-state index in [0.29, 0.717) is 18.9 Å². The topological polar surface area (TPSA) is 53.6 Å². The Morgan fingerprint density at radius 2 is 2.17 bits per heavy atom. The quantitative estimate of drug-likeness (QED) is 0.834. The van der Waals surface area contributed by atoms with E-state index >= 15 is 0 Å². The van der Waals surface area contributed by atoms with Crippen LogP contribution in [0.3, 0.4) is 0 Å². The fourth-order valence-corrected chi connectivity index (χ4v) is 3.49. The number of carbonyl (C=O) groups excluding carboxylic acids is 1. The third-order valence-electron chi connectivity index (χ3n) is 4.74. The lowest BCUT2D eigenvalue weighted by Gasteiger charge is -2.39. The zero-order valence-electron chi connectivity index (χ0n) is 13.3. The van der Waals surface area contributed by atoms with Crippen LogP contribution in [0, 0.1) is 11.2 Å². The SMILES string of the molecule is O=C(NCCOc1ccc(F)cc1)N1CCC[C@]2(CCNC2)C1. The number of carbonyl (C=O) groups is 1. The van der Waals surface area contributed by atoms with Crippen LogP contribution >= 0.6 is 0 Å². The minimum atomic E-state index is -0.286. The van der Waals surface area contributed by atoms with Crippen molar-refractivity contribution in [2.24, 2.45) is 5.41 Å². The Morgan fingerprint density at radius 1 is 1.35 bits per heavy atom. The Kier molecular flexibility index (Phi) is 5.00. The smallest absolute Gasteiger partial charge is 0.317 e. The summed E-state index contributed by atoms with van der Waals surface area (Å²) >= 11 is 0. The second-order valence-corrected chi connectivity index (χ2v) is 6.49. The van der Waals surface area contributed by atoms with E-state index in [1.54, 1.807) is 12.1 Å². The van der Waals surface area contributed by atoms with Crippen LogP contribution in [0.2, 0.25) is 0 Å². The van der Waals surface area contributed by atoms with Crippen LogP contribution in [0.15, 0.2) is 24.3 Å². The van der Waals surface area contributed by atoms with E-state index in [0.717, 1.165) is 39.0 Å². The van der Waals surface area contributed by atoms with Gasteiger partial charge in [0, 0.05) is 25.0 Å². The highest BCUT2D eigenvalue weighted by atomic mass is 19.1. The number of benzene rings is 1. The third-order valence-corrected chi connectivity index (χ3v) is 4.74. The molecule has 5 nitrogen and oxygen atoms in total. The Balaban J connectivity index is 1.39. The van der Waals surface area contributed by atoms with Gasteiger partial charge in [0.25, 0.3) is 0 Å². The van der Waals surface area contributed by atoms with Crippen molar-refractivity contribution in [1.29, 1.82) is 0 Å². The van der Waals surface area contributed by atoms with E-state index in [4.69, 9.17) is 4.74 Å². The number of amides is 2. The van der Waals surface area contributed by atoms with Gasteiger partial charge in [-0.2, -0.15) is 0 Å².